The third-order valence-corrected chi connectivity index (χ3v) is 6.66. The van der Waals surface area contributed by atoms with Crippen LogP contribution in [0.15, 0.2) is 36.7 Å². The van der Waals surface area contributed by atoms with Crippen LogP contribution >= 0.6 is 0 Å². The molecule has 182 valence electrons. The number of Topliss-reactive ketones (excluding diaryl/α,β-unsaturated/α-hetero) is 1. The van der Waals surface area contributed by atoms with Gasteiger partial charge in [-0.2, -0.15) is 14.0 Å². The van der Waals surface area contributed by atoms with Crippen molar-refractivity contribution in [2.75, 3.05) is 7.11 Å². The van der Waals surface area contributed by atoms with Gasteiger partial charge in [0.15, 0.2) is 11.4 Å². The van der Waals surface area contributed by atoms with E-state index >= 15 is 0 Å². The van der Waals surface area contributed by atoms with Gasteiger partial charge in [0.25, 0.3) is 0 Å². The Morgan fingerprint density at radius 2 is 2.00 bits per heavy atom. The van der Waals surface area contributed by atoms with Crippen LogP contribution in [0.1, 0.15) is 55.3 Å². The third kappa shape index (κ3) is 4.65. The number of pyridine rings is 1. The monoisotopic (exact) mass is 481 g/mol. The van der Waals surface area contributed by atoms with Crippen LogP contribution in [0.25, 0.3) is 16.9 Å². The molecule has 2 heterocycles. The van der Waals surface area contributed by atoms with Crippen molar-refractivity contribution in [3.05, 3.63) is 42.2 Å². The maximum absolute atomic E-state index is 13.2. The fourth-order valence-corrected chi connectivity index (χ4v) is 4.70. The molecule has 0 unspecified atom stereocenters. The van der Waals surface area contributed by atoms with Gasteiger partial charge in [-0.1, -0.05) is 0 Å². The number of ketones is 1. The fraction of sp³-hybridized carbons (Fsp3) is 0.423. The molecule has 2 aliphatic rings. The number of alkyl halides is 2. The second-order valence-corrected chi connectivity index (χ2v) is 9.15. The van der Waals surface area contributed by atoms with Gasteiger partial charge in [0.05, 0.1) is 19.0 Å². The van der Waals surface area contributed by atoms with E-state index in [9.17, 15) is 18.8 Å². The summed E-state index contributed by atoms with van der Waals surface area (Å²) in [6.07, 6.45) is 8.82. The van der Waals surface area contributed by atoms with Gasteiger partial charge in [-0.3, -0.25) is 9.20 Å². The highest BCUT2D eigenvalue weighted by molar-refractivity contribution is 6.02. The van der Waals surface area contributed by atoms with Crippen LogP contribution in [-0.4, -0.2) is 34.5 Å². The van der Waals surface area contributed by atoms with Crippen molar-refractivity contribution in [1.82, 2.24) is 9.38 Å². The van der Waals surface area contributed by atoms with Gasteiger partial charge in [0.1, 0.15) is 34.5 Å². The number of aromatic nitrogens is 2. The summed E-state index contributed by atoms with van der Waals surface area (Å²) >= 11 is 0. The molecule has 5 rings (SSSR count). The van der Waals surface area contributed by atoms with Crippen molar-refractivity contribution in [3.8, 4) is 34.6 Å². The van der Waals surface area contributed by atoms with Gasteiger partial charge in [-0.05, 0) is 49.8 Å². The summed E-state index contributed by atoms with van der Waals surface area (Å²) in [5, 5.41) is 9.60. The molecule has 35 heavy (non-hydrogen) atoms. The first kappa shape index (κ1) is 23.1. The summed E-state index contributed by atoms with van der Waals surface area (Å²) in [5.74, 6) is 0.511. The van der Waals surface area contributed by atoms with Crippen molar-refractivity contribution in [2.45, 2.75) is 57.2 Å². The second-order valence-electron chi connectivity index (χ2n) is 9.15. The van der Waals surface area contributed by atoms with E-state index in [4.69, 9.17) is 14.2 Å². The lowest BCUT2D eigenvalue weighted by atomic mass is 10.00. The maximum atomic E-state index is 13.2. The van der Waals surface area contributed by atoms with E-state index in [1.54, 1.807) is 35.0 Å². The molecule has 0 N–H and O–H groups in total. The minimum atomic E-state index is -3.09. The first-order valence-corrected chi connectivity index (χ1v) is 11.7. The molecule has 1 aromatic carbocycles. The molecule has 2 aromatic heterocycles. The first-order valence-electron chi connectivity index (χ1n) is 11.7. The van der Waals surface area contributed by atoms with E-state index in [1.807, 2.05) is 0 Å². The molecular formula is C26H25F2N3O4. The number of nitrogens with zero attached hydrogens (tertiary/aromatic N) is 3. The number of rotatable bonds is 9. The number of ether oxygens (including phenoxy) is 3. The average Bonchev–Trinajstić information content (AvgIpc) is 3.36. The number of fused-ring (bicyclic) bond motifs is 1. The Labute approximate surface area is 201 Å². The highest BCUT2D eigenvalue weighted by atomic mass is 19.3. The number of hydrogen-bond donors (Lipinski definition) is 0. The molecule has 0 saturated heterocycles. The Kier molecular flexibility index (Phi) is 6.05. The fourth-order valence-electron chi connectivity index (χ4n) is 4.70. The first-order chi connectivity index (χ1) is 16.9. The zero-order valence-corrected chi connectivity index (χ0v) is 19.3. The Balaban J connectivity index is 1.52. The van der Waals surface area contributed by atoms with Crippen molar-refractivity contribution in [1.29, 1.82) is 5.26 Å². The average molecular weight is 481 g/mol. The van der Waals surface area contributed by atoms with E-state index in [2.05, 4.69) is 11.1 Å². The molecule has 0 amide bonds. The van der Waals surface area contributed by atoms with Crippen LogP contribution in [0.3, 0.4) is 0 Å². The van der Waals surface area contributed by atoms with Crippen molar-refractivity contribution in [3.63, 3.8) is 0 Å². The maximum Gasteiger partial charge on any atom is 0.387 e. The smallest absolute Gasteiger partial charge is 0.387 e. The summed E-state index contributed by atoms with van der Waals surface area (Å²) in [4.78, 5) is 17.3. The Bertz CT molecular complexity index is 1300. The summed E-state index contributed by atoms with van der Waals surface area (Å²) in [5.41, 5.74) is 0.886. The molecule has 7 nitrogen and oxygen atoms in total. The zero-order chi connectivity index (χ0) is 24.6. The lowest BCUT2D eigenvalue weighted by Gasteiger charge is -2.22. The second kappa shape index (κ2) is 9.17. The van der Waals surface area contributed by atoms with Crippen molar-refractivity contribution < 1.29 is 27.8 Å². The number of imidazole rings is 1. The predicted octanol–water partition coefficient (Wildman–Crippen LogP) is 5.81. The SMILES string of the molecule is COc1cc(-c2cnc3cc(OC4(C#N)CCCC4)ccn23)cc(OC(F)F)c1C(=O)CC1CC1. The van der Waals surface area contributed by atoms with Gasteiger partial charge in [-0.15, -0.1) is 0 Å². The summed E-state index contributed by atoms with van der Waals surface area (Å²) in [6, 6.07) is 8.85. The van der Waals surface area contributed by atoms with Gasteiger partial charge >= 0.3 is 6.61 Å². The molecule has 9 heteroatoms. The van der Waals surface area contributed by atoms with Crippen LogP contribution in [-0.2, 0) is 0 Å². The van der Waals surface area contributed by atoms with Crippen LogP contribution in [0.5, 0.6) is 17.2 Å². The molecule has 3 aromatic rings. The minimum Gasteiger partial charge on any atom is -0.496 e. The number of carbonyl (C=O) groups is 1. The quantitative estimate of drug-likeness (QED) is 0.359. The normalized spacial score (nSPS) is 16.9. The van der Waals surface area contributed by atoms with Crippen LogP contribution in [0.4, 0.5) is 8.78 Å². The molecule has 0 aliphatic heterocycles. The van der Waals surface area contributed by atoms with Crippen LogP contribution in [0.2, 0.25) is 0 Å². The molecule has 0 radical (unpaired) electrons. The molecule has 2 aliphatic carbocycles. The van der Waals surface area contributed by atoms with Crippen molar-refractivity contribution in [2.24, 2.45) is 5.92 Å². The van der Waals surface area contributed by atoms with Crippen LogP contribution in [0, 0.1) is 17.2 Å². The summed E-state index contributed by atoms with van der Waals surface area (Å²) in [7, 11) is 1.39. The van der Waals surface area contributed by atoms with E-state index < -0.39 is 12.2 Å². The number of halogens is 2. The van der Waals surface area contributed by atoms with E-state index in [1.165, 1.54) is 13.2 Å². The van der Waals surface area contributed by atoms with Gasteiger partial charge < -0.3 is 14.2 Å². The van der Waals surface area contributed by atoms with Crippen molar-refractivity contribution >= 4 is 11.4 Å². The topological polar surface area (TPSA) is 85.8 Å². The summed E-state index contributed by atoms with van der Waals surface area (Å²) in [6.45, 7) is -3.09. The Hall–Kier alpha value is -3.67. The largest absolute Gasteiger partial charge is 0.496 e. The number of benzene rings is 1. The molecule has 0 atom stereocenters. The Morgan fingerprint density at radius 1 is 1.26 bits per heavy atom. The molecular weight excluding hydrogens is 456 g/mol. The Morgan fingerprint density at radius 3 is 2.66 bits per heavy atom. The van der Waals surface area contributed by atoms with Crippen LogP contribution < -0.4 is 14.2 Å². The zero-order valence-electron chi connectivity index (χ0n) is 19.3. The van der Waals surface area contributed by atoms with Gasteiger partial charge in [0, 0.05) is 37.1 Å². The predicted molar refractivity (Wildman–Crippen MR) is 123 cm³/mol. The molecule has 0 bridgehead atoms. The third-order valence-electron chi connectivity index (χ3n) is 6.66. The minimum absolute atomic E-state index is 0.0336. The number of carbonyl (C=O) groups excluding carboxylic acids is 1. The van der Waals surface area contributed by atoms with E-state index in [-0.39, 0.29) is 35.2 Å². The standard InChI is InChI=1S/C26H25F2N3O4/c1-33-21-11-17(12-22(34-25(27)28)24(21)20(32)10-16-4-5-16)19-14-30-23-13-18(6-9-31(19)23)35-26(15-29)7-2-3-8-26/h6,9,11-14,16,25H,2-5,7-8,10H2,1H3. The number of hydrogen-bond acceptors (Lipinski definition) is 6. The number of methoxy groups -OCH3 is 1. The van der Waals surface area contributed by atoms with Gasteiger partial charge in [-0.25, -0.2) is 4.98 Å². The summed E-state index contributed by atoms with van der Waals surface area (Å²) < 4.78 is 44.5. The van der Waals surface area contributed by atoms with Gasteiger partial charge in [0.2, 0.25) is 0 Å². The van der Waals surface area contributed by atoms with E-state index in [0.717, 1.165) is 25.7 Å². The lowest BCUT2D eigenvalue weighted by molar-refractivity contribution is -0.0502. The molecule has 2 fully saturated rings. The van der Waals surface area contributed by atoms with E-state index in [0.29, 0.717) is 35.5 Å². The molecule has 2 saturated carbocycles. The highest BCUT2D eigenvalue weighted by Gasteiger charge is 2.36. The number of nitriles is 1. The lowest BCUT2D eigenvalue weighted by Crippen LogP contribution is -2.30. The molecule has 0 spiro atoms. The highest BCUT2D eigenvalue weighted by Crippen LogP contribution is 2.41.